The number of phenols is 1. The van der Waals surface area contributed by atoms with Crippen LogP contribution in [0.15, 0.2) is 72.9 Å². The fourth-order valence-corrected chi connectivity index (χ4v) is 4.52. The first-order chi connectivity index (χ1) is 15.2. The Bertz CT molecular complexity index is 985. The molecule has 4 rings (SSSR count). The fourth-order valence-electron chi connectivity index (χ4n) is 4.52. The van der Waals surface area contributed by atoms with Gasteiger partial charge in [-0.3, -0.25) is 4.98 Å². The van der Waals surface area contributed by atoms with E-state index in [4.69, 9.17) is 4.98 Å². The normalized spacial score (nSPS) is 15.1. The van der Waals surface area contributed by atoms with Crippen LogP contribution in [0.3, 0.4) is 0 Å². The summed E-state index contributed by atoms with van der Waals surface area (Å²) in [6.45, 7) is 5.89. The molecule has 0 atom stereocenters. The number of hydrogen-bond acceptors (Lipinski definition) is 3. The lowest BCUT2D eigenvalue weighted by Crippen LogP contribution is -2.20. The number of aromatic nitrogens is 1. The Balaban J connectivity index is 1.62. The molecule has 1 aromatic heterocycles. The van der Waals surface area contributed by atoms with Gasteiger partial charge in [0.2, 0.25) is 0 Å². The van der Waals surface area contributed by atoms with E-state index >= 15 is 0 Å². The van der Waals surface area contributed by atoms with Crippen LogP contribution in [0.5, 0.6) is 5.75 Å². The lowest BCUT2D eigenvalue weighted by atomic mass is 9.89. The summed E-state index contributed by atoms with van der Waals surface area (Å²) in [5.41, 5.74) is 7.07. The molecule has 2 heterocycles. The van der Waals surface area contributed by atoms with Gasteiger partial charge in [-0.2, -0.15) is 0 Å². The molecule has 1 fully saturated rings. The number of aromatic hydroxyl groups is 1. The van der Waals surface area contributed by atoms with Crippen molar-refractivity contribution in [3.63, 3.8) is 0 Å². The molecule has 3 aromatic rings. The zero-order valence-electron chi connectivity index (χ0n) is 18.4. The number of aryl methyl sites for hydroxylation is 1. The fraction of sp³-hybridized carbons (Fsp3) is 0.321. The molecule has 2 aromatic carbocycles. The van der Waals surface area contributed by atoms with Crippen LogP contribution in [0.4, 0.5) is 0 Å². The predicted octanol–water partition coefficient (Wildman–Crippen LogP) is 6.18. The SMILES string of the molecule is CC/C(=C(/c1ccc(O)cc1)c1ccc(CCCN2CCCC2)nc1)c1ccccc1. The molecule has 0 bridgehead atoms. The summed E-state index contributed by atoms with van der Waals surface area (Å²) in [7, 11) is 0. The maximum Gasteiger partial charge on any atom is 0.115 e. The third kappa shape index (κ3) is 5.42. The molecule has 1 N–H and O–H groups in total. The van der Waals surface area contributed by atoms with Crippen molar-refractivity contribution in [3.8, 4) is 5.75 Å². The van der Waals surface area contributed by atoms with Crippen LogP contribution in [0, 0.1) is 0 Å². The van der Waals surface area contributed by atoms with Gasteiger partial charge in [-0.05, 0) is 92.2 Å². The quantitative estimate of drug-likeness (QED) is 0.449. The zero-order chi connectivity index (χ0) is 21.5. The topological polar surface area (TPSA) is 36.4 Å². The molecule has 1 aliphatic rings. The zero-order valence-corrected chi connectivity index (χ0v) is 18.4. The van der Waals surface area contributed by atoms with Crippen LogP contribution in [-0.4, -0.2) is 34.6 Å². The number of nitrogens with zero attached hydrogens (tertiary/aromatic N) is 2. The van der Waals surface area contributed by atoms with Crippen molar-refractivity contribution in [2.24, 2.45) is 0 Å². The van der Waals surface area contributed by atoms with Crippen LogP contribution in [0.2, 0.25) is 0 Å². The molecule has 3 heteroatoms. The Kier molecular flexibility index (Phi) is 7.16. The third-order valence-corrected chi connectivity index (χ3v) is 6.15. The van der Waals surface area contributed by atoms with Crippen molar-refractivity contribution >= 4 is 11.1 Å². The van der Waals surface area contributed by atoms with Crippen molar-refractivity contribution in [2.75, 3.05) is 19.6 Å². The van der Waals surface area contributed by atoms with E-state index < -0.39 is 0 Å². The van der Waals surface area contributed by atoms with Gasteiger partial charge in [-0.1, -0.05) is 55.5 Å². The highest BCUT2D eigenvalue weighted by atomic mass is 16.3. The third-order valence-electron chi connectivity index (χ3n) is 6.15. The van der Waals surface area contributed by atoms with Gasteiger partial charge in [0.15, 0.2) is 0 Å². The first-order valence-electron chi connectivity index (χ1n) is 11.5. The summed E-state index contributed by atoms with van der Waals surface area (Å²) in [6.07, 6.45) is 7.82. The number of allylic oxidation sites excluding steroid dienone is 1. The lowest BCUT2D eigenvalue weighted by molar-refractivity contribution is 0.333. The molecule has 1 saturated heterocycles. The smallest absolute Gasteiger partial charge is 0.115 e. The van der Waals surface area contributed by atoms with E-state index in [1.807, 2.05) is 18.3 Å². The Morgan fingerprint density at radius 1 is 0.871 bits per heavy atom. The van der Waals surface area contributed by atoms with Crippen LogP contribution in [0.1, 0.15) is 55.0 Å². The van der Waals surface area contributed by atoms with E-state index in [0.717, 1.165) is 36.1 Å². The maximum absolute atomic E-state index is 9.79. The molecule has 0 unspecified atom stereocenters. The number of phenolic OH excluding ortho intramolecular Hbond substituents is 1. The molecule has 0 amide bonds. The van der Waals surface area contributed by atoms with Crippen LogP contribution in [-0.2, 0) is 6.42 Å². The van der Waals surface area contributed by atoms with Crippen LogP contribution < -0.4 is 0 Å². The van der Waals surface area contributed by atoms with Gasteiger partial charge in [0.1, 0.15) is 5.75 Å². The second-order valence-electron chi connectivity index (χ2n) is 8.31. The summed E-state index contributed by atoms with van der Waals surface area (Å²) >= 11 is 0. The molecule has 0 radical (unpaired) electrons. The van der Waals surface area contributed by atoms with Crippen LogP contribution in [0.25, 0.3) is 11.1 Å². The minimum absolute atomic E-state index is 0.285. The van der Waals surface area contributed by atoms with E-state index in [9.17, 15) is 5.11 Å². The van der Waals surface area contributed by atoms with Crippen molar-refractivity contribution in [3.05, 3.63) is 95.3 Å². The Morgan fingerprint density at radius 3 is 2.23 bits per heavy atom. The van der Waals surface area contributed by atoms with E-state index in [-0.39, 0.29) is 5.75 Å². The number of pyridine rings is 1. The average Bonchev–Trinajstić information content (AvgIpc) is 3.33. The van der Waals surface area contributed by atoms with Crippen molar-refractivity contribution < 1.29 is 5.11 Å². The van der Waals surface area contributed by atoms with E-state index in [0.29, 0.717) is 0 Å². The van der Waals surface area contributed by atoms with E-state index in [1.54, 1.807) is 12.1 Å². The van der Waals surface area contributed by atoms with E-state index in [1.165, 1.54) is 49.2 Å². The van der Waals surface area contributed by atoms with Crippen molar-refractivity contribution in [1.82, 2.24) is 9.88 Å². The van der Waals surface area contributed by atoms with Crippen molar-refractivity contribution in [1.29, 1.82) is 0 Å². The standard InChI is InChI=1S/C28H32N2O/c1-2-27(22-9-4-3-5-10-22)28(23-13-16-26(31)17-14-23)24-12-15-25(29-21-24)11-8-20-30-18-6-7-19-30/h3-5,9-10,12-17,21,31H,2,6-8,11,18-20H2,1H3/b28-27+. The minimum atomic E-state index is 0.285. The average molecular weight is 413 g/mol. The van der Waals surface area contributed by atoms with Crippen molar-refractivity contribution in [2.45, 2.75) is 39.0 Å². The summed E-state index contributed by atoms with van der Waals surface area (Å²) < 4.78 is 0. The number of likely N-dealkylation sites (tertiary alicyclic amines) is 1. The Morgan fingerprint density at radius 2 is 1.58 bits per heavy atom. The highest BCUT2D eigenvalue weighted by molar-refractivity contribution is 5.98. The minimum Gasteiger partial charge on any atom is -0.508 e. The Hall–Kier alpha value is -2.91. The predicted molar refractivity (Wildman–Crippen MR) is 129 cm³/mol. The summed E-state index contributed by atoms with van der Waals surface area (Å²) in [5, 5.41) is 9.79. The molecule has 160 valence electrons. The van der Waals surface area contributed by atoms with Gasteiger partial charge < -0.3 is 10.0 Å². The van der Waals surface area contributed by atoms with Gasteiger partial charge >= 0.3 is 0 Å². The molecular weight excluding hydrogens is 380 g/mol. The molecule has 31 heavy (non-hydrogen) atoms. The first kappa shape index (κ1) is 21.3. The summed E-state index contributed by atoms with van der Waals surface area (Å²) in [5.74, 6) is 0.285. The number of rotatable bonds is 8. The largest absolute Gasteiger partial charge is 0.508 e. The first-order valence-corrected chi connectivity index (χ1v) is 11.5. The summed E-state index contributed by atoms with van der Waals surface area (Å²) in [4.78, 5) is 7.38. The highest BCUT2D eigenvalue weighted by Crippen LogP contribution is 2.34. The molecule has 1 aliphatic heterocycles. The highest BCUT2D eigenvalue weighted by Gasteiger charge is 2.14. The molecule has 0 spiro atoms. The van der Waals surface area contributed by atoms with Gasteiger partial charge in [0, 0.05) is 17.5 Å². The number of hydrogen-bond donors (Lipinski definition) is 1. The van der Waals surface area contributed by atoms with Gasteiger partial charge in [0.25, 0.3) is 0 Å². The maximum atomic E-state index is 9.79. The molecular formula is C28H32N2O. The van der Waals surface area contributed by atoms with Gasteiger partial charge in [-0.25, -0.2) is 0 Å². The second-order valence-corrected chi connectivity index (χ2v) is 8.31. The monoisotopic (exact) mass is 412 g/mol. The summed E-state index contributed by atoms with van der Waals surface area (Å²) in [6, 6.07) is 22.4. The second kappa shape index (κ2) is 10.4. The molecule has 0 saturated carbocycles. The van der Waals surface area contributed by atoms with Gasteiger partial charge in [-0.15, -0.1) is 0 Å². The molecule has 0 aliphatic carbocycles. The lowest BCUT2D eigenvalue weighted by Gasteiger charge is -2.17. The van der Waals surface area contributed by atoms with Gasteiger partial charge in [0.05, 0.1) is 0 Å². The molecule has 3 nitrogen and oxygen atoms in total. The van der Waals surface area contributed by atoms with E-state index in [2.05, 4.69) is 54.3 Å². The van der Waals surface area contributed by atoms with Crippen LogP contribution >= 0.6 is 0 Å². The Labute approximate surface area is 186 Å². The number of benzene rings is 2.